The Bertz CT molecular complexity index is 675. The van der Waals surface area contributed by atoms with Crippen LogP contribution in [0.1, 0.15) is 33.0 Å². The topological polar surface area (TPSA) is 49.4 Å². The number of ketones is 1. The molecule has 5 heteroatoms. The van der Waals surface area contributed by atoms with Crippen LogP contribution in [0.15, 0.2) is 36.4 Å². The van der Waals surface area contributed by atoms with E-state index >= 15 is 0 Å². The third kappa shape index (κ3) is 5.21. The first-order valence-corrected chi connectivity index (χ1v) is 8.40. The van der Waals surface area contributed by atoms with Crippen molar-refractivity contribution in [2.75, 3.05) is 19.0 Å². The van der Waals surface area contributed by atoms with E-state index in [0.717, 1.165) is 21.0 Å². The predicted molar refractivity (Wildman–Crippen MR) is 95.2 cm³/mol. The molecule has 0 aliphatic carbocycles. The predicted octanol–water partition coefficient (Wildman–Crippen LogP) is 3.40. The molecule has 0 radical (unpaired) electrons. The lowest BCUT2D eigenvalue weighted by Gasteiger charge is -2.12. The minimum atomic E-state index is -0.0942. The average molecular weight is 330 g/mol. The van der Waals surface area contributed by atoms with Crippen molar-refractivity contribution in [3.63, 3.8) is 0 Å². The number of Topliss-reactive ketones (excluding diaryl/α,β-unsaturated/α-hetero) is 1. The molecule has 1 aromatic heterocycles. The Hall–Kier alpha value is -2.14. The Balaban J connectivity index is 1.75. The summed E-state index contributed by atoms with van der Waals surface area (Å²) in [5.74, 6) is -0.0584. The quantitative estimate of drug-likeness (QED) is 0.792. The van der Waals surface area contributed by atoms with E-state index in [9.17, 15) is 9.59 Å². The van der Waals surface area contributed by atoms with Crippen molar-refractivity contribution in [1.82, 2.24) is 5.32 Å². The van der Waals surface area contributed by atoms with Crippen LogP contribution in [0.4, 0.5) is 5.69 Å². The number of thiophene rings is 1. The smallest absolute Gasteiger partial charge is 0.220 e. The highest BCUT2D eigenvalue weighted by atomic mass is 32.1. The zero-order valence-corrected chi connectivity index (χ0v) is 14.6. The van der Waals surface area contributed by atoms with E-state index in [1.54, 1.807) is 0 Å². The molecule has 0 saturated heterocycles. The second-order valence-corrected chi connectivity index (χ2v) is 6.96. The monoisotopic (exact) mass is 330 g/mol. The normalized spacial score (nSPS) is 10.4. The van der Waals surface area contributed by atoms with Gasteiger partial charge in [0, 0.05) is 44.0 Å². The van der Waals surface area contributed by atoms with E-state index < -0.39 is 0 Å². The van der Waals surface area contributed by atoms with Crippen molar-refractivity contribution in [2.24, 2.45) is 0 Å². The number of nitrogens with one attached hydrogen (secondary N) is 1. The first kappa shape index (κ1) is 17.2. The molecule has 23 heavy (non-hydrogen) atoms. The SMILES string of the molecule is Cc1ccc(C(=O)CCC(=O)NCc2ccc(N(C)C)cc2)s1. The van der Waals surface area contributed by atoms with Crippen molar-refractivity contribution in [3.8, 4) is 0 Å². The molecule has 2 aromatic rings. The Morgan fingerprint density at radius 1 is 1.04 bits per heavy atom. The molecule has 0 aliphatic heterocycles. The molecule has 4 nitrogen and oxygen atoms in total. The van der Waals surface area contributed by atoms with E-state index in [1.165, 1.54) is 11.3 Å². The van der Waals surface area contributed by atoms with Crippen LogP contribution in [-0.2, 0) is 11.3 Å². The Labute approximate surface area is 141 Å². The molecular weight excluding hydrogens is 308 g/mol. The number of benzene rings is 1. The van der Waals surface area contributed by atoms with E-state index in [4.69, 9.17) is 0 Å². The fourth-order valence-electron chi connectivity index (χ4n) is 2.14. The molecule has 122 valence electrons. The number of carbonyl (C=O) groups is 2. The number of anilines is 1. The Morgan fingerprint density at radius 3 is 2.30 bits per heavy atom. The van der Waals surface area contributed by atoms with Crippen molar-refractivity contribution in [1.29, 1.82) is 0 Å². The minimum Gasteiger partial charge on any atom is -0.378 e. The van der Waals surface area contributed by atoms with E-state index in [-0.39, 0.29) is 24.5 Å². The van der Waals surface area contributed by atoms with Gasteiger partial charge in [0.05, 0.1) is 4.88 Å². The van der Waals surface area contributed by atoms with Gasteiger partial charge in [-0.1, -0.05) is 12.1 Å². The zero-order chi connectivity index (χ0) is 16.8. The summed E-state index contributed by atoms with van der Waals surface area (Å²) in [7, 11) is 3.98. The van der Waals surface area contributed by atoms with Gasteiger partial charge in [-0.15, -0.1) is 11.3 Å². The third-order valence-electron chi connectivity index (χ3n) is 3.54. The first-order chi connectivity index (χ1) is 11.0. The summed E-state index contributed by atoms with van der Waals surface area (Å²) in [4.78, 5) is 27.7. The molecular formula is C18H22N2O2S. The van der Waals surface area contributed by atoms with Crippen LogP contribution < -0.4 is 10.2 Å². The molecule has 1 heterocycles. The third-order valence-corrected chi connectivity index (χ3v) is 4.58. The number of rotatable bonds is 7. The maximum Gasteiger partial charge on any atom is 0.220 e. The van der Waals surface area contributed by atoms with Gasteiger partial charge < -0.3 is 10.2 Å². The molecule has 2 rings (SSSR count). The fraction of sp³-hybridized carbons (Fsp3) is 0.333. The number of hydrogen-bond acceptors (Lipinski definition) is 4. The summed E-state index contributed by atoms with van der Waals surface area (Å²) in [6.07, 6.45) is 0.483. The highest BCUT2D eigenvalue weighted by molar-refractivity contribution is 7.14. The standard InChI is InChI=1S/C18H22N2O2S/c1-13-4-10-17(23-13)16(21)9-11-18(22)19-12-14-5-7-15(8-6-14)20(2)3/h4-8,10H,9,11-12H2,1-3H3,(H,19,22). The average Bonchev–Trinajstić information content (AvgIpc) is 2.97. The summed E-state index contributed by atoms with van der Waals surface area (Å²) in [5, 5.41) is 2.86. The number of amides is 1. The number of carbonyl (C=O) groups excluding carboxylic acids is 2. The van der Waals surface area contributed by atoms with Gasteiger partial charge in [-0.05, 0) is 36.8 Å². The summed E-state index contributed by atoms with van der Waals surface area (Å²) in [5.41, 5.74) is 2.17. The minimum absolute atomic E-state index is 0.0357. The molecule has 1 aromatic carbocycles. The Kier molecular flexibility index (Phi) is 5.93. The van der Waals surface area contributed by atoms with Gasteiger partial charge >= 0.3 is 0 Å². The van der Waals surface area contributed by atoms with Gasteiger partial charge in [0.2, 0.25) is 5.91 Å². The highest BCUT2D eigenvalue weighted by Gasteiger charge is 2.11. The van der Waals surface area contributed by atoms with Crippen LogP contribution in [0.5, 0.6) is 0 Å². The van der Waals surface area contributed by atoms with Crippen LogP contribution in [0.2, 0.25) is 0 Å². The van der Waals surface area contributed by atoms with Crippen LogP contribution in [-0.4, -0.2) is 25.8 Å². The van der Waals surface area contributed by atoms with Crippen LogP contribution >= 0.6 is 11.3 Å². The lowest BCUT2D eigenvalue weighted by molar-refractivity contribution is -0.121. The van der Waals surface area contributed by atoms with Crippen molar-refractivity contribution >= 4 is 28.7 Å². The van der Waals surface area contributed by atoms with Crippen molar-refractivity contribution in [3.05, 3.63) is 51.7 Å². The lowest BCUT2D eigenvalue weighted by Crippen LogP contribution is -2.23. The maximum atomic E-state index is 12.0. The van der Waals surface area contributed by atoms with Gasteiger partial charge in [0.15, 0.2) is 5.78 Å². The summed E-state index contributed by atoms with van der Waals surface area (Å²) in [6, 6.07) is 11.8. The van der Waals surface area contributed by atoms with Gasteiger partial charge in [0.1, 0.15) is 0 Å². The number of nitrogens with zero attached hydrogens (tertiary/aromatic N) is 1. The van der Waals surface area contributed by atoms with Gasteiger partial charge in [0.25, 0.3) is 0 Å². The molecule has 0 bridgehead atoms. The zero-order valence-electron chi connectivity index (χ0n) is 13.8. The second kappa shape index (κ2) is 7.92. The van der Waals surface area contributed by atoms with Crippen molar-refractivity contribution in [2.45, 2.75) is 26.3 Å². The second-order valence-electron chi connectivity index (χ2n) is 5.67. The van der Waals surface area contributed by atoms with E-state index in [2.05, 4.69) is 5.32 Å². The van der Waals surface area contributed by atoms with Gasteiger partial charge in [-0.25, -0.2) is 0 Å². The molecule has 0 spiro atoms. The Morgan fingerprint density at radius 2 is 1.74 bits per heavy atom. The summed E-state index contributed by atoms with van der Waals surface area (Å²) < 4.78 is 0. The van der Waals surface area contributed by atoms with Crippen LogP contribution in [0.3, 0.4) is 0 Å². The number of aryl methyl sites for hydroxylation is 1. The fourth-order valence-corrected chi connectivity index (χ4v) is 2.97. The van der Waals surface area contributed by atoms with E-state index in [1.807, 2.05) is 62.3 Å². The largest absolute Gasteiger partial charge is 0.378 e. The molecule has 0 fully saturated rings. The molecule has 0 saturated carbocycles. The highest BCUT2D eigenvalue weighted by Crippen LogP contribution is 2.17. The lowest BCUT2D eigenvalue weighted by atomic mass is 10.1. The molecule has 0 unspecified atom stereocenters. The molecule has 0 aliphatic rings. The molecule has 1 N–H and O–H groups in total. The first-order valence-electron chi connectivity index (χ1n) is 7.58. The van der Waals surface area contributed by atoms with Gasteiger partial charge in [-0.2, -0.15) is 0 Å². The van der Waals surface area contributed by atoms with Crippen LogP contribution in [0.25, 0.3) is 0 Å². The summed E-state index contributed by atoms with van der Waals surface area (Å²) in [6.45, 7) is 2.45. The van der Waals surface area contributed by atoms with E-state index in [0.29, 0.717) is 6.54 Å². The molecule has 0 atom stereocenters. The number of hydrogen-bond donors (Lipinski definition) is 1. The maximum absolute atomic E-state index is 12.0. The van der Waals surface area contributed by atoms with Gasteiger partial charge in [-0.3, -0.25) is 9.59 Å². The summed E-state index contributed by atoms with van der Waals surface area (Å²) >= 11 is 1.48. The van der Waals surface area contributed by atoms with Crippen molar-refractivity contribution < 1.29 is 9.59 Å². The molecule has 1 amide bonds. The van der Waals surface area contributed by atoms with Crippen LogP contribution in [0, 0.1) is 6.92 Å².